The minimum Gasteiger partial charge on any atom is -0.496 e. The first-order chi connectivity index (χ1) is 8.24. The Labute approximate surface area is 100 Å². The molecule has 0 spiro atoms. The predicted octanol–water partition coefficient (Wildman–Crippen LogP) is 2.94. The molecule has 0 N–H and O–H groups in total. The average Bonchev–Trinajstić information content (AvgIpc) is 2.39. The van der Waals surface area contributed by atoms with Crippen LogP contribution in [0.25, 0.3) is 11.3 Å². The van der Waals surface area contributed by atoms with E-state index in [0.29, 0.717) is 5.56 Å². The van der Waals surface area contributed by atoms with Crippen molar-refractivity contribution in [3.63, 3.8) is 0 Å². The van der Waals surface area contributed by atoms with Gasteiger partial charge in [-0.15, -0.1) is 0 Å². The molecule has 0 saturated heterocycles. The first kappa shape index (κ1) is 11.2. The summed E-state index contributed by atoms with van der Waals surface area (Å²) in [4.78, 5) is 4.28. The lowest BCUT2D eigenvalue weighted by molar-refractivity contribution is 0.416. The van der Waals surface area contributed by atoms with Crippen LogP contribution in [-0.2, 0) is 0 Å². The van der Waals surface area contributed by atoms with Crippen molar-refractivity contribution in [1.29, 1.82) is 5.26 Å². The van der Waals surface area contributed by atoms with E-state index in [2.05, 4.69) is 11.1 Å². The Kier molecular flexibility index (Phi) is 3.06. The van der Waals surface area contributed by atoms with Crippen LogP contribution >= 0.6 is 0 Å². The molecule has 0 bridgehead atoms. The Morgan fingerprint density at radius 1 is 1.24 bits per heavy atom. The second-order valence-corrected chi connectivity index (χ2v) is 3.75. The van der Waals surface area contributed by atoms with Crippen molar-refractivity contribution in [1.82, 2.24) is 4.98 Å². The highest BCUT2D eigenvalue weighted by Gasteiger charge is 2.07. The summed E-state index contributed by atoms with van der Waals surface area (Å²) in [7, 11) is 1.63. The van der Waals surface area contributed by atoms with Crippen LogP contribution in [0.4, 0.5) is 0 Å². The fraction of sp³-hybridized carbons (Fsp3) is 0.143. The first-order valence-electron chi connectivity index (χ1n) is 5.26. The summed E-state index contributed by atoms with van der Waals surface area (Å²) in [6.45, 7) is 2.01. The number of nitrogens with zero attached hydrogens (tertiary/aromatic N) is 2. The third-order valence-corrected chi connectivity index (χ3v) is 2.52. The van der Waals surface area contributed by atoms with E-state index in [9.17, 15) is 0 Å². The van der Waals surface area contributed by atoms with Gasteiger partial charge >= 0.3 is 0 Å². The number of pyridine rings is 1. The number of aromatic nitrogens is 1. The number of hydrogen-bond acceptors (Lipinski definition) is 3. The third-order valence-electron chi connectivity index (χ3n) is 2.52. The Bertz CT molecular complexity index is 585. The van der Waals surface area contributed by atoms with Gasteiger partial charge in [-0.3, -0.25) is 4.98 Å². The number of benzene rings is 1. The summed E-state index contributed by atoms with van der Waals surface area (Å²) in [6.07, 6.45) is 1.63. The van der Waals surface area contributed by atoms with Crippen molar-refractivity contribution in [2.24, 2.45) is 0 Å². The van der Waals surface area contributed by atoms with Gasteiger partial charge in [0.2, 0.25) is 0 Å². The van der Waals surface area contributed by atoms with Gasteiger partial charge in [0, 0.05) is 11.8 Å². The van der Waals surface area contributed by atoms with Crippen LogP contribution < -0.4 is 4.74 Å². The topological polar surface area (TPSA) is 45.9 Å². The van der Waals surface area contributed by atoms with Gasteiger partial charge < -0.3 is 4.74 Å². The molecule has 0 atom stereocenters. The number of ether oxygens (including phenoxy) is 1. The maximum Gasteiger partial charge on any atom is 0.128 e. The molecule has 0 aliphatic heterocycles. The molecule has 2 rings (SSSR count). The normalized spacial score (nSPS) is 9.71. The number of nitriles is 1. The lowest BCUT2D eigenvalue weighted by atomic mass is 10.1. The molecular weight excluding hydrogens is 212 g/mol. The zero-order chi connectivity index (χ0) is 12.3. The summed E-state index contributed by atoms with van der Waals surface area (Å²) in [5.74, 6) is 0.762. The van der Waals surface area contributed by atoms with Crippen molar-refractivity contribution in [3.05, 3.63) is 47.7 Å². The van der Waals surface area contributed by atoms with E-state index in [1.54, 1.807) is 25.4 Å². The number of methoxy groups -OCH3 is 1. The van der Waals surface area contributed by atoms with Crippen molar-refractivity contribution in [2.45, 2.75) is 6.92 Å². The summed E-state index contributed by atoms with van der Waals surface area (Å²) in [6, 6.07) is 11.4. The van der Waals surface area contributed by atoms with Gasteiger partial charge in [-0.05, 0) is 31.2 Å². The Hall–Kier alpha value is -2.34. The van der Waals surface area contributed by atoms with Crippen LogP contribution in [0, 0.1) is 18.3 Å². The highest BCUT2D eigenvalue weighted by Crippen LogP contribution is 2.29. The van der Waals surface area contributed by atoms with Gasteiger partial charge in [-0.2, -0.15) is 5.26 Å². The first-order valence-corrected chi connectivity index (χ1v) is 5.26. The molecule has 0 aliphatic carbocycles. The SMILES string of the molecule is COc1ccc(C)cc1-c1cc(C#N)ccn1. The fourth-order valence-electron chi connectivity index (χ4n) is 1.67. The molecule has 0 saturated carbocycles. The zero-order valence-corrected chi connectivity index (χ0v) is 9.77. The molecule has 0 radical (unpaired) electrons. The molecule has 1 heterocycles. The van der Waals surface area contributed by atoms with Gasteiger partial charge in [0.25, 0.3) is 0 Å². The van der Waals surface area contributed by atoms with Crippen LogP contribution in [0.5, 0.6) is 5.75 Å². The largest absolute Gasteiger partial charge is 0.496 e. The summed E-state index contributed by atoms with van der Waals surface area (Å²) in [5, 5.41) is 8.88. The van der Waals surface area contributed by atoms with E-state index in [4.69, 9.17) is 10.00 Å². The van der Waals surface area contributed by atoms with Gasteiger partial charge in [0.05, 0.1) is 24.4 Å². The van der Waals surface area contributed by atoms with Crippen LogP contribution in [0.2, 0.25) is 0 Å². The molecule has 3 heteroatoms. The van der Waals surface area contributed by atoms with Crippen LogP contribution in [0.1, 0.15) is 11.1 Å². The van der Waals surface area contributed by atoms with E-state index in [1.165, 1.54) is 0 Å². The second-order valence-electron chi connectivity index (χ2n) is 3.75. The van der Waals surface area contributed by atoms with Gasteiger partial charge in [-0.25, -0.2) is 0 Å². The molecule has 0 fully saturated rings. The van der Waals surface area contributed by atoms with Crippen LogP contribution in [-0.4, -0.2) is 12.1 Å². The fourth-order valence-corrected chi connectivity index (χ4v) is 1.67. The Morgan fingerprint density at radius 2 is 2.06 bits per heavy atom. The zero-order valence-electron chi connectivity index (χ0n) is 9.77. The quantitative estimate of drug-likeness (QED) is 0.787. The van der Waals surface area contributed by atoms with Crippen molar-refractivity contribution in [3.8, 4) is 23.1 Å². The molecule has 0 unspecified atom stereocenters. The number of aryl methyl sites for hydroxylation is 1. The van der Waals surface area contributed by atoms with E-state index < -0.39 is 0 Å². The van der Waals surface area contributed by atoms with E-state index >= 15 is 0 Å². The van der Waals surface area contributed by atoms with E-state index in [0.717, 1.165) is 22.6 Å². The summed E-state index contributed by atoms with van der Waals surface area (Å²) >= 11 is 0. The molecule has 84 valence electrons. The highest BCUT2D eigenvalue weighted by molar-refractivity contribution is 5.69. The van der Waals surface area contributed by atoms with Crippen LogP contribution in [0.3, 0.4) is 0 Å². The molecule has 17 heavy (non-hydrogen) atoms. The van der Waals surface area contributed by atoms with Gasteiger partial charge in [0.15, 0.2) is 0 Å². The number of rotatable bonds is 2. The lowest BCUT2D eigenvalue weighted by Gasteiger charge is -2.08. The summed E-state index contributed by atoms with van der Waals surface area (Å²) in [5.41, 5.74) is 3.39. The summed E-state index contributed by atoms with van der Waals surface area (Å²) < 4.78 is 5.31. The minimum atomic E-state index is 0.596. The van der Waals surface area contributed by atoms with E-state index in [-0.39, 0.29) is 0 Å². The van der Waals surface area contributed by atoms with Crippen molar-refractivity contribution < 1.29 is 4.74 Å². The molecule has 0 aliphatic rings. The van der Waals surface area contributed by atoms with Gasteiger partial charge in [0.1, 0.15) is 5.75 Å². The third kappa shape index (κ3) is 2.26. The second kappa shape index (κ2) is 4.67. The van der Waals surface area contributed by atoms with Crippen LogP contribution in [0.15, 0.2) is 36.5 Å². The average molecular weight is 224 g/mol. The highest BCUT2D eigenvalue weighted by atomic mass is 16.5. The van der Waals surface area contributed by atoms with Gasteiger partial charge in [-0.1, -0.05) is 11.6 Å². The maximum atomic E-state index is 8.88. The van der Waals surface area contributed by atoms with Crippen molar-refractivity contribution >= 4 is 0 Å². The standard InChI is InChI=1S/C14H12N2O/c1-10-3-4-14(17-2)12(7-10)13-8-11(9-15)5-6-16-13/h3-8H,1-2H3. The lowest BCUT2D eigenvalue weighted by Crippen LogP contribution is -1.91. The predicted molar refractivity (Wildman–Crippen MR) is 65.7 cm³/mol. The Morgan fingerprint density at radius 3 is 2.76 bits per heavy atom. The monoisotopic (exact) mass is 224 g/mol. The van der Waals surface area contributed by atoms with E-state index in [1.807, 2.05) is 25.1 Å². The Balaban J connectivity index is 2.59. The molecule has 0 amide bonds. The maximum absolute atomic E-state index is 8.88. The number of hydrogen-bond donors (Lipinski definition) is 0. The minimum absolute atomic E-state index is 0.596. The smallest absolute Gasteiger partial charge is 0.128 e. The molecular formula is C14H12N2O. The molecule has 2 aromatic rings. The molecule has 1 aromatic carbocycles. The molecule has 1 aromatic heterocycles. The van der Waals surface area contributed by atoms with Crippen molar-refractivity contribution in [2.75, 3.05) is 7.11 Å². The molecule has 3 nitrogen and oxygen atoms in total.